The van der Waals surface area contributed by atoms with Crippen LogP contribution in [0.5, 0.6) is 0 Å². The van der Waals surface area contributed by atoms with Crippen molar-refractivity contribution >= 4 is 33.8 Å². The Hall–Kier alpha value is -3.82. The fourth-order valence-corrected chi connectivity index (χ4v) is 5.15. The third-order valence-electron chi connectivity index (χ3n) is 6.91. The molecule has 0 spiro atoms. The third-order valence-corrected chi connectivity index (χ3v) is 6.91. The molecule has 4 aromatic rings. The molecule has 1 N–H and O–H groups in total. The average Bonchev–Trinajstić information content (AvgIpc) is 3.50. The first-order valence-electron chi connectivity index (χ1n) is 11.8. The van der Waals surface area contributed by atoms with E-state index in [0.717, 1.165) is 34.5 Å². The van der Waals surface area contributed by atoms with Crippen LogP contribution >= 0.6 is 0 Å². The minimum absolute atomic E-state index is 0.0178. The van der Waals surface area contributed by atoms with Crippen LogP contribution in [0.1, 0.15) is 30.6 Å². The predicted octanol–water partition coefficient (Wildman–Crippen LogP) is 4.50. The van der Waals surface area contributed by atoms with E-state index in [0.29, 0.717) is 11.1 Å². The highest BCUT2D eigenvalue weighted by Crippen LogP contribution is 2.31. The standard InChI is InChI=1S/C26H26F3N5O2/c1-4-33-20-8-6-5-7-16(20)13-22(33)23-31-19-12-17(9-10-21(19)32(23)3)24(35)34-14-18(11-15(34)2)30-25(36)26(27,28)29/h5-10,12-13,15,18H,4,11,14H2,1-3H3,(H,30,36)/t15-,18+/m1/s1. The van der Waals surface area contributed by atoms with Crippen molar-refractivity contribution in [2.45, 2.75) is 45.1 Å². The molecular formula is C26H26F3N5O2. The van der Waals surface area contributed by atoms with Crippen molar-refractivity contribution in [1.82, 2.24) is 24.3 Å². The molecule has 1 aliphatic rings. The second-order valence-corrected chi connectivity index (χ2v) is 9.24. The normalized spacial score (nSPS) is 18.3. The van der Waals surface area contributed by atoms with E-state index >= 15 is 0 Å². The molecule has 188 valence electrons. The molecule has 0 radical (unpaired) electrons. The number of aryl methyl sites for hydroxylation is 2. The Morgan fingerprint density at radius 1 is 1.11 bits per heavy atom. The first-order chi connectivity index (χ1) is 17.1. The second-order valence-electron chi connectivity index (χ2n) is 9.24. The summed E-state index contributed by atoms with van der Waals surface area (Å²) >= 11 is 0. The number of rotatable bonds is 4. The Kier molecular flexibility index (Phi) is 5.77. The molecule has 0 bridgehead atoms. The van der Waals surface area contributed by atoms with Crippen molar-refractivity contribution in [2.24, 2.45) is 7.05 Å². The van der Waals surface area contributed by atoms with Gasteiger partial charge in [0, 0.05) is 48.7 Å². The highest BCUT2D eigenvalue weighted by molar-refractivity contribution is 5.98. The molecule has 3 heterocycles. The summed E-state index contributed by atoms with van der Waals surface area (Å²) in [7, 11) is 1.93. The summed E-state index contributed by atoms with van der Waals surface area (Å²) in [5.41, 5.74) is 4.01. The number of halogens is 3. The molecule has 2 amide bonds. The van der Waals surface area contributed by atoms with Gasteiger partial charge in [-0.2, -0.15) is 13.2 Å². The van der Waals surface area contributed by atoms with Crippen LogP contribution < -0.4 is 5.32 Å². The summed E-state index contributed by atoms with van der Waals surface area (Å²) in [5.74, 6) is -1.51. The summed E-state index contributed by atoms with van der Waals surface area (Å²) in [6, 6.07) is 14.4. The number of nitrogens with one attached hydrogen (secondary N) is 1. The SMILES string of the molecule is CCn1c(-c2nc3cc(C(=O)N4C[C@@H](NC(=O)C(F)(F)F)C[C@H]4C)ccc3n2C)cc2ccccc21. The van der Waals surface area contributed by atoms with Gasteiger partial charge in [-0.05, 0) is 50.6 Å². The molecule has 0 aliphatic carbocycles. The van der Waals surface area contributed by atoms with Gasteiger partial charge in [0.1, 0.15) is 0 Å². The maximum atomic E-state index is 13.3. The molecular weight excluding hydrogens is 471 g/mol. The zero-order valence-corrected chi connectivity index (χ0v) is 20.1. The monoisotopic (exact) mass is 497 g/mol. The van der Waals surface area contributed by atoms with Crippen molar-refractivity contribution in [3.05, 3.63) is 54.1 Å². The lowest BCUT2D eigenvalue weighted by Gasteiger charge is -2.21. The molecule has 0 saturated carbocycles. The first kappa shape index (κ1) is 23.9. The van der Waals surface area contributed by atoms with Crippen LogP contribution in [0.4, 0.5) is 13.2 Å². The van der Waals surface area contributed by atoms with E-state index in [-0.39, 0.29) is 24.9 Å². The van der Waals surface area contributed by atoms with E-state index in [1.165, 1.54) is 4.90 Å². The van der Waals surface area contributed by atoms with Gasteiger partial charge in [0.25, 0.3) is 5.91 Å². The Balaban J connectivity index is 1.44. The van der Waals surface area contributed by atoms with E-state index in [4.69, 9.17) is 4.98 Å². The Labute approximate surface area is 205 Å². The van der Waals surface area contributed by atoms with Gasteiger partial charge in [0.05, 0.1) is 16.7 Å². The molecule has 2 aromatic carbocycles. The number of fused-ring (bicyclic) bond motifs is 2. The molecule has 5 rings (SSSR count). The summed E-state index contributed by atoms with van der Waals surface area (Å²) in [5, 5.41) is 3.11. The van der Waals surface area contributed by atoms with Crippen molar-refractivity contribution < 1.29 is 22.8 Å². The average molecular weight is 498 g/mol. The van der Waals surface area contributed by atoms with Crippen LogP contribution in [0.2, 0.25) is 0 Å². The molecule has 1 fully saturated rings. The predicted molar refractivity (Wildman–Crippen MR) is 130 cm³/mol. The van der Waals surface area contributed by atoms with Gasteiger partial charge >= 0.3 is 12.1 Å². The highest BCUT2D eigenvalue weighted by atomic mass is 19.4. The lowest BCUT2D eigenvalue weighted by Crippen LogP contribution is -2.44. The van der Waals surface area contributed by atoms with Gasteiger partial charge in [-0.15, -0.1) is 0 Å². The number of carbonyl (C=O) groups excluding carboxylic acids is 2. The van der Waals surface area contributed by atoms with E-state index in [9.17, 15) is 22.8 Å². The topological polar surface area (TPSA) is 72.2 Å². The molecule has 1 saturated heterocycles. The van der Waals surface area contributed by atoms with E-state index in [2.05, 4.69) is 29.7 Å². The van der Waals surface area contributed by atoms with Crippen LogP contribution in [0.15, 0.2) is 48.5 Å². The van der Waals surface area contributed by atoms with Crippen molar-refractivity contribution in [2.75, 3.05) is 6.54 Å². The third kappa shape index (κ3) is 4.00. The number of alkyl halides is 3. The zero-order chi connectivity index (χ0) is 25.8. The van der Waals surface area contributed by atoms with Crippen molar-refractivity contribution in [3.63, 3.8) is 0 Å². The van der Waals surface area contributed by atoms with Gasteiger partial charge < -0.3 is 19.4 Å². The van der Waals surface area contributed by atoms with Gasteiger partial charge in [0.15, 0.2) is 5.82 Å². The molecule has 2 aromatic heterocycles. The van der Waals surface area contributed by atoms with E-state index in [1.54, 1.807) is 19.1 Å². The Bertz CT molecular complexity index is 1490. The minimum atomic E-state index is -4.95. The summed E-state index contributed by atoms with van der Waals surface area (Å²) in [6.45, 7) is 4.63. The summed E-state index contributed by atoms with van der Waals surface area (Å²) in [6.07, 6.45) is -4.70. The van der Waals surface area contributed by atoms with E-state index < -0.39 is 18.1 Å². The number of hydrogen-bond acceptors (Lipinski definition) is 3. The number of amides is 2. The van der Waals surface area contributed by atoms with Crippen LogP contribution in [0.25, 0.3) is 33.5 Å². The van der Waals surface area contributed by atoms with Gasteiger partial charge in [-0.25, -0.2) is 4.98 Å². The lowest BCUT2D eigenvalue weighted by atomic mass is 10.1. The smallest absolute Gasteiger partial charge is 0.344 e. The molecule has 10 heteroatoms. The number of carbonyl (C=O) groups is 2. The number of para-hydroxylation sites is 1. The van der Waals surface area contributed by atoms with Crippen LogP contribution in [-0.4, -0.2) is 55.6 Å². The molecule has 7 nitrogen and oxygen atoms in total. The van der Waals surface area contributed by atoms with Crippen LogP contribution in [-0.2, 0) is 18.4 Å². The number of nitrogens with zero attached hydrogens (tertiary/aromatic N) is 4. The minimum Gasteiger partial charge on any atom is -0.344 e. The Morgan fingerprint density at radius 3 is 2.58 bits per heavy atom. The second kappa shape index (κ2) is 8.69. The molecule has 0 unspecified atom stereocenters. The number of benzene rings is 2. The number of imidazole rings is 1. The van der Waals surface area contributed by atoms with Crippen molar-refractivity contribution in [1.29, 1.82) is 0 Å². The fraction of sp³-hybridized carbons (Fsp3) is 0.346. The summed E-state index contributed by atoms with van der Waals surface area (Å²) in [4.78, 5) is 30.9. The molecule has 1 aliphatic heterocycles. The number of likely N-dealkylation sites (tertiary alicyclic amines) is 1. The van der Waals surface area contributed by atoms with Gasteiger partial charge in [0.2, 0.25) is 0 Å². The lowest BCUT2D eigenvalue weighted by molar-refractivity contribution is -0.174. The maximum absolute atomic E-state index is 13.3. The van der Waals surface area contributed by atoms with Gasteiger partial charge in [-0.3, -0.25) is 9.59 Å². The van der Waals surface area contributed by atoms with Crippen molar-refractivity contribution in [3.8, 4) is 11.5 Å². The highest BCUT2D eigenvalue weighted by Gasteiger charge is 2.42. The van der Waals surface area contributed by atoms with E-state index in [1.807, 2.05) is 35.1 Å². The number of aromatic nitrogens is 3. The quantitative estimate of drug-likeness (QED) is 0.452. The first-order valence-corrected chi connectivity index (χ1v) is 11.8. The summed E-state index contributed by atoms with van der Waals surface area (Å²) < 4.78 is 42.1. The molecule has 2 atom stereocenters. The van der Waals surface area contributed by atoms with Crippen LogP contribution in [0.3, 0.4) is 0 Å². The molecule has 36 heavy (non-hydrogen) atoms. The fourth-order valence-electron chi connectivity index (χ4n) is 5.15. The van der Waals surface area contributed by atoms with Crippen LogP contribution in [0, 0.1) is 0 Å². The maximum Gasteiger partial charge on any atom is 0.471 e. The largest absolute Gasteiger partial charge is 0.471 e. The van der Waals surface area contributed by atoms with Gasteiger partial charge in [-0.1, -0.05) is 18.2 Å². The zero-order valence-electron chi connectivity index (χ0n) is 20.1. The Morgan fingerprint density at radius 2 is 1.86 bits per heavy atom. The number of hydrogen-bond donors (Lipinski definition) is 1.